The highest BCUT2D eigenvalue weighted by Crippen LogP contribution is 2.19. The van der Waals surface area contributed by atoms with Gasteiger partial charge in [-0.05, 0) is 30.3 Å². The van der Waals surface area contributed by atoms with Crippen LogP contribution in [-0.4, -0.2) is 23.3 Å². The number of esters is 1. The van der Waals surface area contributed by atoms with Gasteiger partial charge in [0.2, 0.25) is 0 Å². The number of carbonyl (C=O) groups excluding carboxylic acids is 2. The van der Waals surface area contributed by atoms with Crippen LogP contribution >= 0.6 is 27.3 Å². The van der Waals surface area contributed by atoms with Crippen LogP contribution in [-0.2, 0) is 4.74 Å². The predicted octanol–water partition coefficient (Wildman–Crippen LogP) is 4.10. The Morgan fingerprint density at radius 3 is 2.59 bits per heavy atom. The van der Waals surface area contributed by atoms with Crippen molar-refractivity contribution in [2.24, 2.45) is 0 Å². The van der Waals surface area contributed by atoms with E-state index in [1.54, 1.807) is 48.0 Å². The van der Waals surface area contributed by atoms with Crippen molar-refractivity contribution < 1.29 is 14.3 Å². The number of aromatic nitrogens is 1. The molecule has 0 fully saturated rings. The lowest BCUT2D eigenvalue weighted by Gasteiger charge is -2.04. The molecule has 0 saturated carbocycles. The van der Waals surface area contributed by atoms with Crippen molar-refractivity contribution in [3.8, 4) is 0 Å². The largest absolute Gasteiger partial charge is 0.454 e. The molecule has 0 N–H and O–H groups in total. The van der Waals surface area contributed by atoms with Crippen molar-refractivity contribution in [3.05, 3.63) is 63.6 Å². The SMILES string of the molecule is O=C(COC(=O)c1ccc2ncsc2c1)c1ccc(Br)cc1. The van der Waals surface area contributed by atoms with Crippen LogP contribution in [0.1, 0.15) is 20.7 Å². The van der Waals surface area contributed by atoms with E-state index in [9.17, 15) is 9.59 Å². The summed E-state index contributed by atoms with van der Waals surface area (Å²) >= 11 is 4.75. The molecule has 0 spiro atoms. The van der Waals surface area contributed by atoms with Gasteiger partial charge < -0.3 is 4.74 Å². The first-order chi connectivity index (χ1) is 10.6. The number of ketones is 1. The molecule has 3 aromatic rings. The molecule has 0 bridgehead atoms. The fraction of sp³-hybridized carbons (Fsp3) is 0.0625. The van der Waals surface area contributed by atoms with Crippen LogP contribution in [0.15, 0.2) is 52.4 Å². The van der Waals surface area contributed by atoms with Crippen molar-refractivity contribution in [2.75, 3.05) is 6.61 Å². The van der Waals surface area contributed by atoms with Gasteiger partial charge in [0.1, 0.15) is 0 Å². The van der Waals surface area contributed by atoms with E-state index >= 15 is 0 Å². The Balaban J connectivity index is 1.66. The minimum Gasteiger partial charge on any atom is -0.454 e. The number of carbonyl (C=O) groups is 2. The number of halogens is 1. The number of thiazole rings is 1. The van der Waals surface area contributed by atoms with E-state index in [1.807, 2.05) is 0 Å². The van der Waals surface area contributed by atoms with Crippen LogP contribution in [0.2, 0.25) is 0 Å². The van der Waals surface area contributed by atoms with Crippen LogP contribution in [0.25, 0.3) is 10.2 Å². The summed E-state index contributed by atoms with van der Waals surface area (Å²) in [6, 6.07) is 12.0. The number of benzene rings is 2. The Labute approximate surface area is 138 Å². The minimum atomic E-state index is -0.513. The van der Waals surface area contributed by atoms with E-state index < -0.39 is 5.97 Å². The molecule has 4 nitrogen and oxygen atoms in total. The van der Waals surface area contributed by atoms with Gasteiger partial charge in [-0.1, -0.05) is 28.1 Å². The van der Waals surface area contributed by atoms with Gasteiger partial charge in [-0.2, -0.15) is 0 Å². The maximum atomic E-state index is 12.0. The van der Waals surface area contributed by atoms with E-state index in [2.05, 4.69) is 20.9 Å². The first kappa shape index (κ1) is 14.9. The average molecular weight is 376 g/mol. The number of hydrogen-bond acceptors (Lipinski definition) is 5. The first-order valence-corrected chi connectivity index (χ1v) is 8.10. The maximum Gasteiger partial charge on any atom is 0.338 e. The van der Waals surface area contributed by atoms with Crippen LogP contribution < -0.4 is 0 Å². The summed E-state index contributed by atoms with van der Waals surface area (Å²) in [5.41, 5.74) is 3.48. The van der Waals surface area contributed by atoms with Gasteiger partial charge in [-0.25, -0.2) is 9.78 Å². The molecule has 3 rings (SSSR count). The average Bonchev–Trinajstić information content (AvgIpc) is 3.00. The van der Waals surface area contributed by atoms with Crippen molar-refractivity contribution in [1.82, 2.24) is 4.98 Å². The summed E-state index contributed by atoms with van der Waals surface area (Å²) in [6.07, 6.45) is 0. The lowest BCUT2D eigenvalue weighted by atomic mass is 10.1. The molecule has 6 heteroatoms. The third kappa shape index (κ3) is 3.23. The van der Waals surface area contributed by atoms with Crippen LogP contribution in [0.3, 0.4) is 0 Å². The zero-order chi connectivity index (χ0) is 15.5. The summed E-state index contributed by atoms with van der Waals surface area (Å²) in [5.74, 6) is -0.750. The van der Waals surface area contributed by atoms with Gasteiger partial charge in [0.05, 0.1) is 21.3 Å². The summed E-state index contributed by atoms with van der Waals surface area (Å²) < 4.78 is 6.88. The lowest BCUT2D eigenvalue weighted by Crippen LogP contribution is -2.14. The van der Waals surface area contributed by atoms with Crippen molar-refractivity contribution in [1.29, 1.82) is 0 Å². The van der Waals surface area contributed by atoms with Crippen molar-refractivity contribution in [2.45, 2.75) is 0 Å². The molecule has 0 atom stereocenters. The third-order valence-corrected chi connectivity index (χ3v) is 4.39. The van der Waals surface area contributed by atoms with E-state index in [-0.39, 0.29) is 12.4 Å². The Bertz CT molecular complexity index is 842. The zero-order valence-electron chi connectivity index (χ0n) is 11.3. The van der Waals surface area contributed by atoms with Gasteiger partial charge in [0.25, 0.3) is 0 Å². The predicted molar refractivity (Wildman–Crippen MR) is 88.4 cm³/mol. The number of Topliss-reactive ketones (excluding diaryl/α,β-unsaturated/α-hetero) is 1. The zero-order valence-corrected chi connectivity index (χ0v) is 13.7. The second-order valence-corrected chi connectivity index (χ2v) is 6.34. The van der Waals surface area contributed by atoms with E-state index in [0.29, 0.717) is 11.1 Å². The molecule has 110 valence electrons. The Morgan fingerprint density at radius 1 is 1.09 bits per heavy atom. The summed E-state index contributed by atoms with van der Waals surface area (Å²) in [7, 11) is 0. The van der Waals surface area contributed by atoms with E-state index in [1.165, 1.54) is 11.3 Å². The minimum absolute atomic E-state index is 0.236. The lowest BCUT2D eigenvalue weighted by molar-refractivity contribution is 0.0475. The molecule has 1 heterocycles. The molecule has 0 saturated heterocycles. The van der Waals surface area contributed by atoms with Crippen LogP contribution in [0, 0.1) is 0 Å². The molecule has 0 aliphatic heterocycles. The molecule has 0 radical (unpaired) electrons. The highest BCUT2D eigenvalue weighted by atomic mass is 79.9. The first-order valence-electron chi connectivity index (χ1n) is 6.42. The number of hydrogen-bond donors (Lipinski definition) is 0. The van der Waals surface area contributed by atoms with Gasteiger partial charge in [0.15, 0.2) is 12.4 Å². The van der Waals surface area contributed by atoms with Gasteiger partial charge in [-0.3, -0.25) is 4.79 Å². The summed E-state index contributed by atoms with van der Waals surface area (Å²) in [6.45, 7) is -0.277. The monoisotopic (exact) mass is 375 g/mol. The second kappa shape index (κ2) is 6.37. The number of ether oxygens (including phenoxy) is 1. The molecule has 0 aliphatic rings. The third-order valence-electron chi connectivity index (χ3n) is 3.07. The fourth-order valence-corrected chi connectivity index (χ4v) is 2.90. The fourth-order valence-electron chi connectivity index (χ4n) is 1.92. The molecule has 0 amide bonds. The molecular weight excluding hydrogens is 366 g/mol. The summed E-state index contributed by atoms with van der Waals surface area (Å²) in [4.78, 5) is 28.1. The van der Waals surface area contributed by atoms with Gasteiger partial charge in [0, 0.05) is 10.0 Å². The second-order valence-electron chi connectivity index (χ2n) is 4.54. The summed E-state index contributed by atoms with van der Waals surface area (Å²) in [5, 5.41) is 0. The van der Waals surface area contributed by atoms with Crippen molar-refractivity contribution >= 4 is 49.2 Å². The molecule has 0 unspecified atom stereocenters. The number of nitrogens with zero attached hydrogens (tertiary/aromatic N) is 1. The molecule has 2 aromatic carbocycles. The molecule has 1 aromatic heterocycles. The van der Waals surface area contributed by atoms with Gasteiger partial charge in [-0.15, -0.1) is 11.3 Å². The molecule has 22 heavy (non-hydrogen) atoms. The van der Waals surface area contributed by atoms with E-state index in [0.717, 1.165) is 14.7 Å². The van der Waals surface area contributed by atoms with Crippen molar-refractivity contribution in [3.63, 3.8) is 0 Å². The maximum absolute atomic E-state index is 12.0. The Hall–Kier alpha value is -2.05. The van der Waals surface area contributed by atoms with Crippen LogP contribution in [0.4, 0.5) is 0 Å². The number of rotatable bonds is 4. The highest BCUT2D eigenvalue weighted by molar-refractivity contribution is 9.10. The Morgan fingerprint density at radius 2 is 1.82 bits per heavy atom. The highest BCUT2D eigenvalue weighted by Gasteiger charge is 2.12. The quantitative estimate of drug-likeness (QED) is 0.508. The standard InChI is InChI=1S/C16H10BrNO3S/c17-12-4-1-10(2-5-12)14(19)8-21-16(20)11-3-6-13-15(7-11)22-9-18-13/h1-7,9H,8H2. The number of fused-ring (bicyclic) bond motifs is 1. The van der Waals surface area contributed by atoms with Crippen LogP contribution in [0.5, 0.6) is 0 Å². The normalized spacial score (nSPS) is 10.6. The van der Waals surface area contributed by atoms with Gasteiger partial charge >= 0.3 is 5.97 Å². The molecule has 0 aliphatic carbocycles. The smallest absolute Gasteiger partial charge is 0.338 e. The van der Waals surface area contributed by atoms with E-state index in [4.69, 9.17) is 4.74 Å². The molecular formula is C16H10BrNO3S. The topological polar surface area (TPSA) is 56.3 Å². The Kier molecular flexibility index (Phi) is 4.31.